The van der Waals surface area contributed by atoms with Crippen LogP contribution in [0.2, 0.25) is 0 Å². The fraction of sp³-hybridized carbons (Fsp3) is 0.435. The van der Waals surface area contributed by atoms with Gasteiger partial charge in [0.1, 0.15) is 11.5 Å². The SMILES string of the molecule is Cc1cc(/C(N)=N/N(C)N)cc(C(=O)NCc2ccc(F)cc2)n1.OCC1CCCCC1. The molecule has 1 aliphatic rings. The number of aryl methyl sites for hydroxylation is 1. The number of hydrazine groups is 1. The maximum atomic E-state index is 12.9. The number of nitrogens with one attached hydrogen (secondary N) is 1. The number of halogens is 1. The zero-order valence-electron chi connectivity index (χ0n) is 18.7. The van der Waals surface area contributed by atoms with Gasteiger partial charge in [0, 0.05) is 31.5 Å². The zero-order chi connectivity index (χ0) is 23.5. The van der Waals surface area contributed by atoms with E-state index < -0.39 is 0 Å². The van der Waals surface area contributed by atoms with Crippen molar-refractivity contribution >= 4 is 11.7 Å². The first-order valence-corrected chi connectivity index (χ1v) is 10.7. The summed E-state index contributed by atoms with van der Waals surface area (Å²) in [7, 11) is 1.54. The van der Waals surface area contributed by atoms with Gasteiger partial charge in [-0.2, -0.15) is 0 Å². The van der Waals surface area contributed by atoms with E-state index in [2.05, 4.69) is 15.4 Å². The monoisotopic (exact) mass is 444 g/mol. The molecule has 0 unspecified atom stereocenters. The van der Waals surface area contributed by atoms with Crippen molar-refractivity contribution in [2.24, 2.45) is 22.6 Å². The smallest absolute Gasteiger partial charge is 0.270 e. The molecule has 8 nitrogen and oxygen atoms in total. The Morgan fingerprint density at radius 3 is 2.47 bits per heavy atom. The minimum absolute atomic E-state index is 0.179. The molecule has 9 heteroatoms. The van der Waals surface area contributed by atoms with Crippen LogP contribution < -0.4 is 16.9 Å². The van der Waals surface area contributed by atoms with Crippen molar-refractivity contribution in [3.05, 3.63) is 64.7 Å². The lowest BCUT2D eigenvalue weighted by atomic mass is 9.90. The van der Waals surface area contributed by atoms with Crippen LogP contribution in [0, 0.1) is 18.7 Å². The van der Waals surface area contributed by atoms with E-state index in [1.54, 1.807) is 25.1 Å². The van der Waals surface area contributed by atoms with E-state index in [0.717, 1.165) is 10.7 Å². The topological polar surface area (TPSA) is 130 Å². The van der Waals surface area contributed by atoms with Gasteiger partial charge < -0.3 is 16.2 Å². The Kier molecular flexibility index (Phi) is 10.0. The Balaban J connectivity index is 0.000000380. The Morgan fingerprint density at radius 1 is 1.25 bits per heavy atom. The third-order valence-electron chi connectivity index (χ3n) is 5.10. The molecule has 174 valence electrons. The van der Waals surface area contributed by atoms with Crippen molar-refractivity contribution in [3.8, 4) is 0 Å². The standard InChI is InChI=1S/C16H19FN6O.C7H14O/c1-10-7-12(15(18)22-23(2)19)8-14(21-10)16(24)20-9-11-3-5-13(17)6-4-11;8-6-7-4-2-1-3-5-7/h3-8H,9,19H2,1-2H3,(H2,18,22)(H,20,24);7-8H,1-6H2. The number of aliphatic hydroxyl groups is 1. The summed E-state index contributed by atoms with van der Waals surface area (Å²) in [4.78, 5) is 16.5. The van der Waals surface area contributed by atoms with Gasteiger partial charge in [0.2, 0.25) is 0 Å². The molecule has 3 rings (SSSR count). The van der Waals surface area contributed by atoms with E-state index in [-0.39, 0.29) is 29.8 Å². The second-order valence-corrected chi connectivity index (χ2v) is 7.94. The molecule has 0 bridgehead atoms. The fourth-order valence-electron chi connectivity index (χ4n) is 3.41. The second kappa shape index (κ2) is 12.7. The number of nitrogens with zero attached hydrogens (tertiary/aromatic N) is 3. The molecule has 1 aliphatic carbocycles. The number of pyridine rings is 1. The summed E-state index contributed by atoms with van der Waals surface area (Å²) in [5.41, 5.74) is 8.01. The Bertz CT molecular complexity index is 896. The highest BCUT2D eigenvalue weighted by Gasteiger charge is 2.12. The predicted molar refractivity (Wildman–Crippen MR) is 123 cm³/mol. The summed E-state index contributed by atoms with van der Waals surface area (Å²) in [5.74, 6) is 5.57. The highest BCUT2D eigenvalue weighted by atomic mass is 19.1. The number of benzene rings is 1. The zero-order valence-corrected chi connectivity index (χ0v) is 18.7. The Hall–Kier alpha value is -3.04. The Labute approximate surface area is 188 Å². The van der Waals surface area contributed by atoms with Gasteiger partial charge in [-0.05, 0) is 55.5 Å². The molecule has 32 heavy (non-hydrogen) atoms. The first-order valence-electron chi connectivity index (χ1n) is 10.7. The number of carbonyl (C=O) groups excluding carboxylic acids is 1. The van der Waals surface area contributed by atoms with Crippen LogP contribution in [0.1, 0.15) is 59.4 Å². The number of nitrogens with two attached hydrogens (primary N) is 2. The number of carbonyl (C=O) groups is 1. The number of aromatic nitrogens is 1. The van der Waals surface area contributed by atoms with Crippen molar-refractivity contribution in [3.63, 3.8) is 0 Å². The molecule has 2 aromatic rings. The summed E-state index contributed by atoms with van der Waals surface area (Å²) in [6, 6.07) is 9.13. The molecule has 1 amide bonds. The third kappa shape index (κ3) is 8.60. The van der Waals surface area contributed by atoms with Crippen molar-refractivity contribution < 1.29 is 14.3 Å². The molecule has 0 spiro atoms. The van der Waals surface area contributed by atoms with Crippen LogP contribution in [0.4, 0.5) is 4.39 Å². The maximum Gasteiger partial charge on any atom is 0.270 e. The average Bonchev–Trinajstić information content (AvgIpc) is 2.78. The molecule has 0 atom stereocenters. The molecule has 1 fully saturated rings. The molecule has 6 N–H and O–H groups in total. The van der Waals surface area contributed by atoms with E-state index in [4.69, 9.17) is 16.7 Å². The normalized spacial score (nSPS) is 14.3. The lowest BCUT2D eigenvalue weighted by molar-refractivity contribution is 0.0945. The number of hydrazone groups is 1. The predicted octanol–water partition coefficient (Wildman–Crippen LogP) is 2.44. The molecule has 1 aromatic heterocycles. The molecule has 0 aliphatic heterocycles. The van der Waals surface area contributed by atoms with Gasteiger partial charge in [-0.25, -0.2) is 20.3 Å². The lowest BCUT2D eigenvalue weighted by Crippen LogP contribution is -2.27. The van der Waals surface area contributed by atoms with E-state index >= 15 is 0 Å². The Morgan fingerprint density at radius 2 is 1.91 bits per heavy atom. The summed E-state index contributed by atoms with van der Waals surface area (Å²) in [6.07, 6.45) is 6.58. The number of aliphatic hydroxyl groups excluding tert-OH is 1. The van der Waals surface area contributed by atoms with Gasteiger partial charge in [0.15, 0.2) is 5.84 Å². The van der Waals surface area contributed by atoms with Crippen molar-refractivity contribution in [1.29, 1.82) is 0 Å². The highest BCUT2D eigenvalue weighted by molar-refractivity contribution is 6.00. The number of hydrogen-bond acceptors (Lipinski definition) is 6. The van der Waals surface area contributed by atoms with Crippen molar-refractivity contribution in [2.75, 3.05) is 13.7 Å². The quantitative estimate of drug-likeness (QED) is 0.234. The molecular formula is C23H33FN6O2. The van der Waals surface area contributed by atoms with Crippen LogP contribution >= 0.6 is 0 Å². The van der Waals surface area contributed by atoms with Gasteiger partial charge in [-0.15, -0.1) is 5.10 Å². The number of hydrogen-bond donors (Lipinski definition) is 4. The number of amidine groups is 1. The average molecular weight is 445 g/mol. The first kappa shape index (κ1) is 25.2. The van der Waals surface area contributed by atoms with Crippen LogP contribution in [0.25, 0.3) is 0 Å². The van der Waals surface area contributed by atoms with Crippen LogP contribution in [0.3, 0.4) is 0 Å². The molecule has 1 saturated carbocycles. The van der Waals surface area contributed by atoms with Gasteiger partial charge >= 0.3 is 0 Å². The molecule has 1 heterocycles. The largest absolute Gasteiger partial charge is 0.396 e. The number of amides is 1. The second-order valence-electron chi connectivity index (χ2n) is 7.94. The van der Waals surface area contributed by atoms with Gasteiger partial charge in [0.05, 0.1) is 0 Å². The maximum absolute atomic E-state index is 12.9. The van der Waals surface area contributed by atoms with Gasteiger partial charge in [0.25, 0.3) is 5.91 Å². The van der Waals surface area contributed by atoms with Crippen LogP contribution in [0.5, 0.6) is 0 Å². The minimum atomic E-state index is -0.363. The number of rotatable bonds is 6. The summed E-state index contributed by atoms with van der Waals surface area (Å²) < 4.78 is 12.9. The van der Waals surface area contributed by atoms with Gasteiger partial charge in [-0.3, -0.25) is 4.79 Å². The molecule has 0 saturated heterocycles. The molecule has 0 radical (unpaired) electrons. The van der Waals surface area contributed by atoms with Gasteiger partial charge in [-0.1, -0.05) is 31.4 Å². The van der Waals surface area contributed by atoms with E-state index in [0.29, 0.717) is 23.8 Å². The van der Waals surface area contributed by atoms with E-state index in [1.807, 2.05) is 0 Å². The van der Waals surface area contributed by atoms with Crippen molar-refractivity contribution in [2.45, 2.75) is 45.6 Å². The van der Waals surface area contributed by atoms with E-state index in [9.17, 15) is 9.18 Å². The summed E-state index contributed by atoms with van der Waals surface area (Å²) in [6.45, 7) is 2.43. The third-order valence-corrected chi connectivity index (χ3v) is 5.10. The van der Waals surface area contributed by atoms with Crippen molar-refractivity contribution in [1.82, 2.24) is 15.4 Å². The lowest BCUT2D eigenvalue weighted by Gasteiger charge is -2.18. The first-order chi connectivity index (χ1) is 15.3. The summed E-state index contributed by atoms with van der Waals surface area (Å²) in [5, 5.41) is 16.4. The van der Waals surface area contributed by atoms with E-state index in [1.165, 1.54) is 57.4 Å². The summed E-state index contributed by atoms with van der Waals surface area (Å²) >= 11 is 0. The molecular weight excluding hydrogens is 411 g/mol. The minimum Gasteiger partial charge on any atom is -0.396 e. The highest BCUT2D eigenvalue weighted by Crippen LogP contribution is 2.22. The van der Waals surface area contributed by atoms with Crippen LogP contribution in [0.15, 0.2) is 41.5 Å². The fourth-order valence-corrected chi connectivity index (χ4v) is 3.41. The van der Waals surface area contributed by atoms with Crippen LogP contribution in [-0.2, 0) is 6.54 Å². The van der Waals surface area contributed by atoms with Crippen LogP contribution in [-0.4, -0.2) is 40.6 Å². The molecule has 1 aromatic carbocycles.